The van der Waals surface area contributed by atoms with Gasteiger partial charge in [0.1, 0.15) is 11.5 Å². The number of pyridine rings is 1. The minimum absolute atomic E-state index is 0.288. The van der Waals surface area contributed by atoms with Gasteiger partial charge in [0.2, 0.25) is 0 Å². The molecule has 0 radical (unpaired) electrons. The van der Waals surface area contributed by atoms with Gasteiger partial charge in [-0.3, -0.25) is 4.79 Å². The second-order valence-electron chi connectivity index (χ2n) is 5.00. The van der Waals surface area contributed by atoms with Crippen LogP contribution in [0.3, 0.4) is 0 Å². The quantitative estimate of drug-likeness (QED) is 0.665. The zero-order chi connectivity index (χ0) is 16.9. The van der Waals surface area contributed by atoms with Crippen LogP contribution in [0.4, 0.5) is 21.5 Å². The maximum atomic E-state index is 13.2. The van der Waals surface area contributed by atoms with Crippen LogP contribution in [0.1, 0.15) is 10.5 Å². The first-order valence-electron chi connectivity index (χ1n) is 7.16. The van der Waals surface area contributed by atoms with E-state index in [9.17, 15) is 9.18 Å². The summed E-state index contributed by atoms with van der Waals surface area (Å²) in [5.74, 6) is -0.628. The first-order valence-corrected chi connectivity index (χ1v) is 7.95. The van der Waals surface area contributed by atoms with Gasteiger partial charge >= 0.3 is 0 Å². The summed E-state index contributed by atoms with van der Waals surface area (Å²) in [7, 11) is 0. The Labute approximate surface area is 146 Å². The maximum Gasteiger partial charge on any atom is 0.274 e. The summed E-state index contributed by atoms with van der Waals surface area (Å²) in [6.45, 7) is 0. The average molecular weight is 386 g/mol. The lowest BCUT2D eigenvalue weighted by atomic mass is 10.2. The van der Waals surface area contributed by atoms with Crippen molar-refractivity contribution < 1.29 is 9.18 Å². The van der Waals surface area contributed by atoms with E-state index in [1.54, 1.807) is 30.3 Å². The average Bonchev–Trinajstić information content (AvgIpc) is 2.57. The molecule has 1 amide bonds. The van der Waals surface area contributed by atoms with E-state index < -0.39 is 0 Å². The molecule has 0 atom stereocenters. The highest BCUT2D eigenvalue weighted by atomic mass is 79.9. The molecular formula is C18H13BrFN3O. The van der Waals surface area contributed by atoms with E-state index in [0.29, 0.717) is 17.1 Å². The molecular weight excluding hydrogens is 373 g/mol. The van der Waals surface area contributed by atoms with E-state index in [1.807, 2.05) is 18.2 Å². The molecule has 1 aromatic heterocycles. The van der Waals surface area contributed by atoms with Crippen LogP contribution in [0, 0.1) is 5.82 Å². The van der Waals surface area contributed by atoms with Crippen molar-refractivity contribution in [2.75, 3.05) is 10.6 Å². The Hall–Kier alpha value is -2.73. The number of halogens is 2. The fourth-order valence-electron chi connectivity index (χ4n) is 2.08. The number of rotatable bonds is 4. The predicted molar refractivity (Wildman–Crippen MR) is 96.0 cm³/mol. The van der Waals surface area contributed by atoms with E-state index in [1.165, 1.54) is 18.3 Å². The van der Waals surface area contributed by atoms with Crippen LogP contribution in [-0.2, 0) is 0 Å². The van der Waals surface area contributed by atoms with Crippen LogP contribution in [0.25, 0.3) is 0 Å². The number of para-hydroxylation sites is 1. The van der Waals surface area contributed by atoms with E-state index in [4.69, 9.17) is 0 Å². The summed E-state index contributed by atoms with van der Waals surface area (Å²) in [4.78, 5) is 16.4. The molecule has 24 heavy (non-hydrogen) atoms. The lowest BCUT2D eigenvalue weighted by Crippen LogP contribution is -2.13. The van der Waals surface area contributed by atoms with Gasteiger partial charge in [-0.2, -0.15) is 0 Å². The molecule has 3 rings (SSSR count). The van der Waals surface area contributed by atoms with E-state index >= 15 is 0 Å². The Morgan fingerprint density at radius 1 is 1.00 bits per heavy atom. The number of aromatic nitrogens is 1. The highest BCUT2D eigenvalue weighted by molar-refractivity contribution is 9.10. The molecule has 3 aromatic rings. The molecule has 0 aliphatic carbocycles. The first kappa shape index (κ1) is 16.1. The van der Waals surface area contributed by atoms with Crippen molar-refractivity contribution >= 4 is 38.9 Å². The Balaban J connectivity index is 1.70. The number of nitrogens with one attached hydrogen (secondary N) is 2. The van der Waals surface area contributed by atoms with Crippen molar-refractivity contribution in [1.82, 2.24) is 4.98 Å². The van der Waals surface area contributed by atoms with E-state index in [2.05, 4.69) is 31.5 Å². The topological polar surface area (TPSA) is 54.0 Å². The second kappa shape index (κ2) is 7.23. The van der Waals surface area contributed by atoms with Crippen LogP contribution in [0.15, 0.2) is 71.3 Å². The number of hydrogen-bond donors (Lipinski definition) is 2. The van der Waals surface area contributed by atoms with Crippen molar-refractivity contribution in [3.8, 4) is 0 Å². The van der Waals surface area contributed by atoms with Crippen molar-refractivity contribution in [1.29, 1.82) is 0 Å². The normalized spacial score (nSPS) is 10.2. The van der Waals surface area contributed by atoms with Gasteiger partial charge in [-0.05, 0) is 58.4 Å². The number of anilines is 3. The van der Waals surface area contributed by atoms with Gasteiger partial charge in [0.15, 0.2) is 0 Å². The third-order valence-corrected chi connectivity index (χ3v) is 3.92. The smallest absolute Gasteiger partial charge is 0.274 e. The number of nitrogens with zero attached hydrogens (tertiary/aromatic N) is 1. The highest BCUT2D eigenvalue weighted by Crippen LogP contribution is 2.22. The van der Waals surface area contributed by atoms with E-state index in [0.717, 1.165) is 4.47 Å². The van der Waals surface area contributed by atoms with Gasteiger partial charge in [0, 0.05) is 10.2 Å². The first-order chi connectivity index (χ1) is 11.6. The molecule has 120 valence electrons. The Morgan fingerprint density at radius 2 is 1.83 bits per heavy atom. The van der Waals surface area contributed by atoms with Crippen LogP contribution in [0.2, 0.25) is 0 Å². The zero-order valence-corrected chi connectivity index (χ0v) is 14.0. The Kier molecular flexibility index (Phi) is 4.86. The molecule has 0 fully saturated rings. The molecule has 0 spiro atoms. The van der Waals surface area contributed by atoms with E-state index in [-0.39, 0.29) is 17.4 Å². The third-order valence-electron chi connectivity index (χ3n) is 3.23. The fourth-order valence-corrected chi connectivity index (χ4v) is 2.47. The number of hydrogen-bond acceptors (Lipinski definition) is 3. The highest BCUT2D eigenvalue weighted by Gasteiger charge is 2.09. The number of carbonyl (C=O) groups excluding carboxylic acids is 1. The molecule has 6 heteroatoms. The molecule has 0 aliphatic heterocycles. The lowest BCUT2D eigenvalue weighted by Gasteiger charge is -2.08. The molecule has 1 heterocycles. The fraction of sp³-hybridized carbons (Fsp3) is 0. The standard InChI is InChI=1S/C18H13BrFN3O/c19-15-6-1-2-7-16(15)23-18(24)17-9-8-14(11-21-17)22-13-5-3-4-12(20)10-13/h1-11,22H,(H,23,24). The molecule has 0 saturated carbocycles. The summed E-state index contributed by atoms with van der Waals surface area (Å²) in [6, 6.07) is 16.8. The van der Waals surface area contributed by atoms with Crippen LogP contribution >= 0.6 is 15.9 Å². The summed E-state index contributed by atoms with van der Waals surface area (Å²) in [6.07, 6.45) is 1.53. The molecule has 0 bridgehead atoms. The Morgan fingerprint density at radius 3 is 2.54 bits per heavy atom. The van der Waals surface area contributed by atoms with Gasteiger partial charge in [-0.15, -0.1) is 0 Å². The van der Waals surface area contributed by atoms with Crippen LogP contribution in [-0.4, -0.2) is 10.9 Å². The summed E-state index contributed by atoms with van der Waals surface area (Å²) < 4.78 is 14.0. The number of benzene rings is 2. The minimum Gasteiger partial charge on any atom is -0.354 e. The SMILES string of the molecule is O=C(Nc1ccccc1Br)c1ccc(Nc2cccc(F)c2)cn1. The van der Waals surface area contributed by atoms with Crippen molar-refractivity contribution in [3.63, 3.8) is 0 Å². The second-order valence-corrected chi connectivity index (χ2v) is 5.86. The molecule has 2 aromatic carbocycles. The molecule has 2 N–H and O–H groups in total. The van der Waals surface area contributed by atoms with Gasteiger partial charge in [-0.1, -0.05) is 18.2 Å². The van der Waals surface area contributed by atoms with Crippen molar-refractivity contribution in [3.05, 3.63) is 82.8 Å². The predicted octanol–water partition coefficient (Wildman–Crippen LogP) is 4.98. The van der Waals surface area contributed by atoms with Gasteiger partial charge in [0.25, 0.3) is 5.91 Å². The Bertz CT molecular complexity index is 868. The monoisotopic (exact) mass is 385 g/mol. The number of amides is 1. The van der Waals surface area contributed by atoms with Crippen molar-refractivity contribution in [2.45, 2.75) is 0 Å². The number of carbonyl (C=O) groups is 1. The summed E-state index contributed by atoms with van der Waals surface area (Å²) >= 11 is 3.38. The van der Waals surface area contributed by atoms with Gasteiger partial charge in [-0.25, -0.2) is 9.37 Å². The molecule has 4 nitrogen and oxygen atoms in total. The largest absolute Gasteiger partial charge is 0.354 e. The summed E-state index contributed by atoms with van der Waals surface area (Å²) in [5, 5.41) is 5.81. The van der Waals surface area contributed by atoms with Gasteiger partial charge < -0.3 is 10.6 Å². The minimum atomic E-state index is -0.322. The third kappa shape index (κ3) is 3.97. The van der Waals surface area contributed by atoms with Crippen LogP contribution < -0.4 is 10.6 Å². The summed E-state index contributed by atoms with van der Waals surface area (Å²) in [5.41, 5.74) is 2.24. The lowest BCUT2D eigenvalue weighted by molar-refractivity contribution is 0.102. The van der Waals surface area contributed by atoms with Crippen LogP contribution in [0.5, 0.6) is 0 Å². The molecule has 0 unspecified atom stereocenters. The molecule has 0 saturated heterocycles. The zero-order valence-electron chi connectivity index (χ0n) is 12.5. The molecule has 0 aliphatic rings. The maximum absolute atomic E-state index is 13.2. The van der Waals surface area contributed by atoms with Crippen molar-refractivity contribution in [2.24, 2.45) is 0 Å². The van der Waals surface area contributed by atoms with Gasteiger partial charge in [0.05, 0.1) is 17.6 Å².